The number of benzene rings is 4. The van der Waals surface area contributed by atoms with E-state index >= 15 is 0 Å². The topological polar surface area (TPSA) is 170 Å². The molecule has 0 fully saturated rings. The highest BCUT2D eigenvalue weighted by Crippen LogP contribution is 2.39. The van der Waals surface area contributed by atoms with Crippen molar-refractivity contribution in [1.29, 1.82) is 0 Å². The van der Waals surface area contributed by atoms with Crippen molar-refractivity contribution in [2.75, 3.05) is 13.2 Å². The number of nitrogens with zero attached hydrogens (tertiary/aromatic N) is 2. The molecule has 0 amide bonds. The number of aromatic nitrogens is 2. The predicted molar refractivity (Wildman–Crippen MR) is 297 cm³/mol. The second-order valence-corrected chi connectivity index (χ2v) is 31.6. The van der Waals surface area contributed by atoms with Crippen molar-refractivity contribution < 1.29 is 51.6 Å². The number of carbonyl (C=O) groups excluding carboxylic acids is 3. The number of aliphatic hydroxyl groups excluding tert-OH is 1. The minimum Gasteiger partial charge on any atom is -0.460 e. The van der Waals surface area contributed by atoms with Crippen LogP contribution in [0.1, 0.15) is 150 Å². The van der Waals surface area contributed by atoms with Gasteiger partial charge in [0.2, 0.25) is 0 Å². The monoisotopic (exact) mass is 1060 g/mol. The highest BCUT2D eigenvalue weighted by Gasteiger charge is 2.51. The molecular weight excluding hydrogens is 981 g/mol. The molecule has 2 aromatic heterocycles. The first-order chi connectivity index (χ1) is 35.3. The van der Waals surface area contributed by atoms with Crippen LogP contribution < -0.4 is 20.7 Å². The van der Waals surface area contributed by atoms with Crippen LogP contribution in [0.5, 0.6) is 0 Å². The fourth-order valence-electron chi connectivity index (χ4n) is 9.47. The van der Waals surface area contributed by atoms with Crippen molar-refractivity contribution in [3.63, 3.8) is 0 Å². The fourth-order valence-corrected chi connectivity index (χ4v) is 18.6. The predicted octanol–water partition coefficient (Wildman–Crippen LogP) is 10.5. The van der Waals surface area contributed by atoms with E-state index in [-0.39, 0.29) is 59.9 Å². The van der Waals surface area contributed by atoms with Crippen LogP contribution in [0.4, 0.5) is 0 Å². The van der Waals surface area contributed by atoms with Crippen LogP contribution in [0.2, 0.25) is 10.1 Å². The summed E-state index contributed by atoms with van der Waals surface area (Å²) in [5.41, 5.74) is 0.0508. The summed E-state index contributed by atoms with van der Waals surface area (Å²) < 4.78 is 40.9. The molecule has 0 radical (unpaired) electrons. The first-order valence-corrected chi connectivity index (χ1v) is 29.7. The molecule has 13 nitrogen and oxygen atoms in total. The maximum Gasteiger partial charge on any atom is 0.306 e. The number of carbonyl (C=O) groups is 3. The molecule has 0 spiro atoms. The normalized spacial score (nSPS) is 13.3. The van der Waals surface area contributed by atoms with Gasteiger partial charge < -0.3 is 37.2 Å². The van der Waals surface area contributed by atoms with Crippen molar-refractivity contribution in [3.8, 4) is 0 Å². The van der Waals surface area contributed by atoms with E-state index < -0.39 is 33.8 Å². The molecule has 0 saturated heterocycles. The van der Waals surface area contributed by atoms with Crippen molar-refractivity contribution in [1.82, 2.24) is 10.3 Å². The summed E-state index contributed by atoms with van der Waals surface area (Å²) in [6.45, 7) is 26.4. The summed E-state index contributed by atoms with van der Waals surface area (Å²) in [6, 6.07) is 45.3. The number of esters is 3. The van der Waals surface area contributed by atoms with Crippen LogP contribution in [-0.4, -0.2) is 74.4 Å². The third kappa shape index (κ3) is 16.8. The lowest BCUT2D eigenvalue weighted by Gasteiger charge is -2.43. The van der Waals surface area contributed by atoms with Gasteiger partial charge in [0.25, 0.3) is 16.6 Å². The molecular formula is C60H80N2O11Si2. The van der Waals surface area contributed by atoms with Gasteiger partial charge in [0.05, 0.1) is 24.2 Å². The quantitative estimate of drug-likeness (QED) is 0.0411. The van der Waals surface area contributed by atoms with Crippen LogP contribution in [0, 0.1) is 0 Å². The number of aliphatic hydroxyl groups is 1. The number of hydrogen-bond donors (Lipinski definition) is 1. The zero-order valence-corrected chi connectivity index (χ0v) is 48.4. The average molecular weight is 1060 g/mol. The van der Waals surface area contributed by atoms with E-state index in [4.69, 9.17) is 32.1 Å². The first kappa shape index (κ1) is 59.9. The van der Waals surface area contributed by atoms with Gasteiger partial charge in [-0.3, -0.25) is 14.4 Å². The molecule has 2 heterocycles. The maximum atomic E-state index is 12.8. The third-order valence-corrected chi connectivity index (χ3v) is 22.7. The molecule has 0 unspecified atom stereocenters. The zero-order valence-electron chi connectivity index (χ0n) is 46.4. The van der Waals surface area contributed by atoms with Gasteiger partial charge in [-0.05, 0) is 85.2 Å². The Morgan fingerprint density at radius 1 is 0.520 bits per heavy atom. The molecule has 0 saturated carbocycles. The number of hydrogen-bond acceptors (Lipinski definition) is 13. The van der Waals surface area contributed by atoms with Crippen LogP contribution in [0.15, 0.2) is 143 Å². The van der Waals surface area contributed by atoms with E-state index in [1.807, 2.05) is 65.8 Å². The second kappa shape index (κ2) is 26.2. The highest BCUT2D eigenvalue weighted by atomic mass is 28.4. The minimum atomic E-state index is -2.73. The van der Waals surface area contributed by atoms with Gasteiger partial charge >= 0.3 is 17.9 Å². The SMILES string of the molecule is CC(=O)OCc1cc([C@H](CCO[Si](c2ccccc2)(c2ccccc2)C(C)(C)C)CC(=O)OC(C)(C)C)no1.CC(C)(C)OC(=O)C[C@@H](CCO[Si](c1ccccc1)(c1ccccc1)C(C)(C)C)c1cc(CO)on1. The molecule has 404 valence electrons. The van der Waals surface area contributed by atoms with Gasteiger partial charge in [0.1, 0.15) is 17.8 Å². The molecule has 0 aliphatic rings. The Morgan fingerprint density at radius 2 is 0.840 bits per heavy atom. The van der Waals surface area contributed by atoms with Gasteiger partial charge in [-0.25, -0.2) is 0 Å². The Balaban J connectivity index is 0.000000278. The van der Waals surface area contributed by atoms with E-state index in [1.165, 1.54) is 27.7 Å². The fraction of sp³-hybridized carbons (Fsp3) is 0.450. The Hall–Kier alpha value is -5.98. The van der Waals surface area contributed by atoms with Crippen LogP contribution in [0.25, 0.3) is 0 Å². The summed E-state index contributed by atoms with van der Waals surface area (Å²) in [7, 11) is -5.43. The lowest BCUT2D eigenvalue weighted by Crippen LogP contribution is -2.66. The van der Waals surface area contributed by atoms with Gasteiger partial charge in [0, 0.05) is 44.1 Å². The van der Waals surface area contributed by atoms with Crippen LogP contribution in [0.3, 0.4) is 0 Å². The van der Waals surface area contributed by atoms with Crippen LogP contribution in [-0.2, 0) is 50.7 Å². The number of rotatable bonds is 21. The van der Waals surface area contributed by atoms with E-state index in [2.05, 4.69) is 149 Å². The third-order valence-electron chi connectivity index (χ3n) is 12.6. The molecule has 0 aliphatic carbocycles. The van der Waals surface area contributed by atoms with E-state index in [1.54, 1.807) is 12.1 Å². The average Bonchev–Trinajstić information content (AvgIpc) is 4.03. The molecule has 6 aromatic rings. The summed E-state index contributed by atoms with van der Waals surface area (Å²) in [4.78, 5) is 36.8. The summed E-state index contributed by atoms with van der Waals surface area (Å²) in [5.74, 6) is -0.796. The highest BCUT2D eigenvalue weighted by molar-refractivity contribution is 7.00. The van der Waals surface area contributed by atoms with Crippen molar-refractivity contribution >= 4 is 55.3 Å². The largest absolute Gasteiger partial charge is 0.460 e. The summed E-state index contributed by atoms with van der Waals surface area (Å²) in [6.07, 6.45) is 1.37. The smallest absolute Gasteiger partial charge is 0.306 e. The Bertz CT molecular complexity index is 2600. The molecule has 0 aliphatic heterocycles. The Kier molecular flexibility index (Phi) is 20.9. The van der Waals surface area contributed by atoms with Gasteiger partial charge in [-0.1, -0.05) is 173 Å². The van der Waals surface area contributed by atoms with Crippen molar-refractivity contribution in [3.05, 3.63) is 156 Å². The zero-order chi connectivity index (χ0) is 55.1. The standard InChI is InChI=1S/C31H41NO6Si.C29H39NO5Si/c1-23(33)35-22-25-21-28(32-38-25)24(20-29(34)37-30(2,3)4)18-19-36-39(31(5,6)7,26-14-10-8-11-15-26)27-16-12-9-13-17-27;1-28(2,3)34-27(32)19-22(26-20-23(21-31)35-30-26)17-18-33-36(29(4,5)6,24-13-9-7-10-14-24)25-15-11-8-12-16-25/h8-17,21,24H,18-20,22H2,1-7H3;7-16,20,22,31H,17-19,21H2,1-6H3/t24-;22-/m11/s1. The first-order valence-electron chi connectivity index (χ1n) is 25.9. The van der Waals surface area contributed by atoms with Gasteiger partial charge in [-0.15, -0.1) is 0 Å². The molecule has 15 heteroatoms. The van der Waals surface area contributed by atoms with Crippen molar-refractivity contribution in [2.45, 2.75) is 162 Å². The molecule has 0 bridgehead atoms. The second-order valence-electron chi connectivity index (χ2n) is 23.0. The lowest BCUT2D eigenvalue weighted by molar-refractivity contribution is -0.156. The Labute approximate surface area is 446 Å². The van der Waals surface area contributed by atoms with E-state index in [0.717, 1.165) is 0 Å². The molecule has 75 heavy (non-hydrogen) atoms. The Morgan fingerprint density at radius 3 is 1.12 bits per heavy atom. The van der Waals surface area contributed by atoms with Crippen LogP contribution >= 0.6 is 0 Å². The van der Waals surface area contributed by atoms with E-state index in [9.17, 15) is 19.5 Å². The summed E-state index contributed by atoms with van der Waals surface area (Å²) in [5, 5.41) is 22.3. The lowest BCUT2D eigenvalue weighted by atomic mass is 9.97. The van der Waals surface area contributed by atoms with E-state index in [0.29, 0.717) is 49.0 Å². The minimum absolute atomic E-state index is 0.0138. The van der Waals surface area contributed by atoms with Gasteiger partial charge in [-0.2, -0.15) is 0 Å². The molecule has 4 aromatic carbocycles. The van der Waals surface area contributed by atoms with Gasteiger partial charge in [0.15, 0.2) is 18.1 Å². The molecule has 6 rings (SSSR count). The molecule has 1 N–H and O–H groups in total. The van der Waals surface area contributed by atoms with Crippen molar-refractivity contribution in [2.24, 2.45) is 0 Å². The summed E-state index contributed by atoms with van der Waals surface area (Å²) >= 11 is 0. The number of ether oxygens (including phenoxy) is 3. The molecule has 2 atom stereocenters. The maximum absolute atomic E-state index is 12.8.